The molecule has 1 aromatic carbocycles. The van der Waals surface area contributed by atoms with Crippen LogP contribution in [0.4, 0.5) is 5.69 Å². The molecule has 2 rings (SSSR count). The summed E-state index contributed by atoms with van der Waals surface area (Å²) in [6.07, 6.45) is 3.63. The van der Waals surface area contributed by atoms with Crippen LogP contribution in [0.15, 0.2) is 29.3 Å². The van der Waals surface area contributed by atoms with Crippen LogP contribution in [0.1, 0.15) is 40.0 Å². The number of aliphatic imine (C=N–C) groups is 1. The predicted molar refractivity (Wildman–Crippen MR) is 131 cm³/mol. The molecule has 0 aromatic heterocycles. The SMILES string of the molecule is COC(=O)C(C)CN=C(NCCCOCC1CC1)Nc1ccc(OC(C)C)cc1.I. The van der Waals surface area contributed by atoms with E-state index in [2.05, 4.69) is 15.6 Å². The minimum atomic E-state index is -0.303. The number of anilines is 1. The zero-order valence-electron chi connectivity index (χ0n) is 18.5. The monoisotopic (exact) mass is 533 g/mol. The van der Waals surface area contributed by atoms with Crippen LogP contribution in [0.5, 0.6) is 5.75 Å². The topological polar surface area (TPSA) is 81.2 Å². The Morgan fingerprint density at radius 3 is 2.50 bits per heavy atom. The molecule has 30 heavy (non-hydrogen) atoms. The lowest BCUT2D eigenvalue weighted by molar-refractivity contribution is -0.144. The number of rotatable bonds is 12. The molecule has 1 unspecified atom stereocenters. The minimum absolute atomic E-state index is 0. The van der Waals surface area contributed by atoms with Gasteiger partial charge in [0.15, 0.2) is 5.96 Å². The number of nitrogens with zero attached hydrogens (tertiary/aromatic N) is 1. The van der Waals surface area contributed by atoms with E-state index in [1.165, 1.54) is 20.0 Å². The third-order valence-corrected chi connectivity index (χ3v) is 4.42. The number of carbonyl (C=O) groups excluding carboxylic acids is 1. The van der Waals surface area contributed by atoms with E-state index in [1.807, 2.05) is 38.1 Å². The molecular weight excluding hydrogens is 497 g/mol. The van der Waals surface area contributed by atoms with Crippen LogP contribution >= 0.6 is 24.0 Å². The Hall–Kier alpha value is -1.55. The minimum Gasteiger partial charge on any atom is -0.491 e. The second kappa shape index (κ2) is 14.5. The zero-order chi connectivity index (χ0) is 21.1. The third kappa shape index (κ3) is 11.0. The van der Waals surface area contributed by atoms with Crippen LogP contribution < -0.4 is 15.4 Å². The number of carbonyl (C=O) groups is 1. The fourth-order valence-corrected chi connectivity index (χ4v) is 2.58. The maximum absolute atomic E-state index is 11.6. The van der Waals surface area contributed by atoms with Crippen molar-refractivity contribution in [1.82, 2.24) is 5.32 Å². The summed E-state index contributed by atoms with van der Waals surface area (Å²) in [6, 6.07) is 7.72. The highest BCUT2D eigenvalue weighted by molar-refractivity contribution is 14.0. The largest absolute Gasteiger partial charge is 0.491 e. The fraction of sp³-hybridized carbons (Fsp3) is 0.636. The Morgan fingerprint density at radius 1 is 1.20 bits per heavy atom. The van der Waals surface area contributed by atoms with Crippen molar-refractivity contribution < 1.29 is 19.0 Å². The van der Waals surface area contributed by atoms with Gasteiger partial charge in [-0.15, -0.1) is 24.0 Å². The molecule has 1 fully saturated rings. The molecule has 1 aliphatic carbocycles. The Bertz CT molecular complexity index is 648. The molecule has 0 saturated heterocycles. The molecule has 0 amide bonds. The van der Waals surface area contributed by atoms with Crippen LogP contribution in [0.2, 0.25) is 0 Å². The maximum atomic E-state index is 11.6. The maximum Gasteiger partial charge on any atom is 0.310 e. The van der Waals surface area contributed by atoms with Crippen LogP contribution in [0.3, 0.4) is 0 Å². The first-order chi connectivity index (χ1) is 14.0. The second-order valence-corrected chi connectivity index (χ2v) is 7.73. The van der Waals surface area contributed by atoms with Crippen molar-refractivity contribution in [3.05, 3.63) is 24.3 Å². The van der Waals surface area contributed by atoms with Gasteiger partial charge in [-0.05, 0) is 63.3 Å². The van der Waals surface area contributed by atoms with Gasteiger partial charge >= 0.3 is 5.97 Å². The van der Waals surface area contributed by atoms with Crippen molar-refractivity contribution in [3.8, 4) is 5.75 Å². The molecule has 170 valence electrons. The molecule has 0 radical (unpaired) electrons. The first-order valence-corrected chi connectivity index (χ1v) is 10.5. The summed E-state index contributed by atoms with van der Waals surface area (Å²) in [7, 11) is 1.39. The lowest BCUT2D eigenvalue weighted by atomic mass is 10.2. The van der Waals surface area contributed by atoms with E-state index in [0.29, 0.717) is 12.5 Å². The van der Waals surface area contributed by atoms with E-state index in [4.69, 9.17) is 14.2 Å². The summed E-state index contributed by atoms with van der Waals surface area (Å²) in [5, 5.41) is 6.59. The van der Waals surface area contributed by atoms with E-state index in [1.54, 1.807) is 6.92 Å². The average molecular weight is 533 g/mol. The highest BCUT2D eigenvalue weighted by atomic mass is 127. The van der Waals surface area contributed by atoms with Crippen molar-refractivity contribution in [2.75, 3.05) is 38.7 Å². The van der Waals surface area contributed by atoms with E-state index >= 15 is 0 Å². The smallest absolute Gasteiger partial charge is 0.310 e. The molecule has 0 bridgehead atoms. The van der Waals surface area contributed by atoms with E-state index in [9.17, 15) is 4.79 Å². The Labute approximate surface area is 197 Å². The average Bonchev–Trinajstić information content (AvgIpc) is 3.53. The molecule has 1 aliphatic rings. The fourth-order valence-electron chi connectivity index (χ4n) is 2.58. The Kier molecular flexibility index (Phi) is 12.8. The molecule has 0 heterocycles. The van der Waals surface area contributed by atoms with Crippen LogP contribution in [-0.2, 0) is 14.3 Å². The third-order valence-electron chi connectivity index (χ3n) is 4.42. The van der Waals surface area contributed by atoms with Gasteiger partial charge in [0.05, 0.1) is 25.7 Å². The number of methoxy groups -OCH3 is 1. The summed E-state index contributed by atoms with van der Waals surface area (Å²) in [6.45, 7) is 8.48. The summed E-state index contributed by atoms with van der Waals surface area (Å²) in [4.78, 5) is 16.2. The standard InChI is InChI=1S/C22H35N3O4.HI/c1-16(2)29-20-10-8-19(9-11-20)25-22(24-14-17(3)21(26)27-4)23-12-5-13-28-15-18-6-7-18;/h8-11,16-18H,5-7,12-15H2,1-4H3,(H2,23,24,25);1H. The highest BCUT2D eigenvalue weighted by Gasteiger charge is 2.20. The van der Waals surface area contributed by atoms with Gasteiger partial charge in [0, 0.05) is 25.4 Å². The van der Waals surface area contributed by atoms with Gasteiger partial charge in [-0.2, -0.15) is 0 Å². The van der Waals surface area contributed by atoms with E-state index in [0.717, 1.165) is 43.5 Å². The summed E-state index contributed by atoms with van der Waals surface area (Å²) < 4.78 is 16.1. The van der Waals surface area contributed by atoms with Gasteiger partial charge in [-0.1, -0.05) is 6.92 Å². The Balaban J connectivity index is 0.00000450. The normalized spacial score (nSPS) is 14.6. The van der Waals surface area contributed by atoms with E-state index < -0.39 is 0 Å². The number of guanidine groups is 1. The van der Waals surface area contributed by atoms with Gasteiger partial charge in [-0.25, -0.2) is 0 Å². The van der Waals surface area contributed by atoms with Gasteiger partial charge in [0.2, 0.25) is 0 Å². The van der Waals surface area contributed by atoms with Gasteiger partial charge in [0.25, 0.3) is 0 Å². The van der Waals surface area contributed by atoms with Gasteiger partial charge in [0.1, 0.15) is 5.75 Å². The second-order valence-electron chi connectivity index (χ2n) is 7.73. The first-order valence-electron chi connectivity index (χ1n) is 10.5. The summed E-state index contributed by atoms with van der Waals surface area (Å²) in [5.41, 5.74) is 0.892. The lowest BCUT2D eigenvalue weighted by Gasteiger charge is -2.15. The van der Waals surface area contributed by atoms with E-state index in [-0.39, 0.29) is 42.0 Å². The molecule has 1 atom stereocenters. The van der Waals surface area contributed by atoms with Crippen LogP contribution in [-0.4, -0.2) is 51.4 Å². The summed E-state index contributed by atoms with van der Waals surface area (Å²) >= 11 is 0. The van der Waals surface area contributed by atoms with Gasteiger partial charge in [-0.3, -0.25) is 9.79 Å². The zero-order valence-corrected chi connectivity index (χ0v) is 20.8. The molecule has 8 heteroatoms. The number of hydrogen-bond donors (Lipinski definition) is 2. The molecular formula is C22H36IN3O4. The van der Waals surface area contributed by atoms with Crippen LogP contribution in [0.25, 0.3) is 0 Å². The van der Waals surface area contributed by atoms with Crippen LogP contribution in [0, 0.1) is 11.8 Å². The molecule has 0 aliphatic heterocycles. The molecule has 1 saturated carbocycles. The summed E-state index contributed by atoms with van der Waals surface area (Å²) in [5.74, 6) is 1.66. The van der Waals surface area contributed by atoms with Crippen molar-refractivity contribution in [1.29, 1.82) is 0 Å². The number of nitrogens with one attached hydrogen (secondary N) is 2. The van der Waals surface area contributed by atoms with Crippen molar-refractivity contribution in [2.45, 2.75) is 46.1 Å². The van der Waals surface area contributed by atoms with Crippen molar-refractivity contribution in [3.63, 3.8) is 0 Å². The highest BCUT2D eigenvalue weighted by Crippen LogP contribution is 2.28. The number of halogens is 1. The first kappa shape index (κ1) is 26.5. The Morgan fingerprint density at radius 2 is 1.90 bits per heavy atom. The lowest BCUT2D eigenvalue weighted by Crippen LogP contribution is -2.33. The van der Waals surface area contributed by atoms with Gasteiger partial charge < -0.3 is 24.8 Å². The number of hydrogen-bond acceptors (Lipinski definition) is 5. The molecule has 0 spiro atoms. The predicted octanol–water partition coefficient (Wildman–Crippen LogP) is 4.08. The molecule has 2 N–H and O–H groups in total. The van der Waals surface area contributed by atoms with Crippen molar-refractivity contribution >= 4 is 41.6 Å². The number of benzene rings is 1. The number of ether oxygens (including phenoxy) is 3. The number of esters is 1. The van der Waals surface area contributed by atoms with Crippen molar-refractivity contribution in [2.24, 2.45) is 16.8 Å². The quantitative estimate of drug-likeness (QED) is 0.139. The molecule has 1 aromatic rings. The molecule has 7 nitrogen and oxygen atoms in total.